The molecule has 5 heteroatoms. The predicted octanol–water partition coefficient (Wildman–Crippen LogP) is 5.44. The smallest absolute Gasteiger partial charge is 0.266 e. The van der Waals surface area contributed by atoms with Crippen molar-refractivity contribution in [2.24, 2.45) is 0 Å². The van der Waals surface area contributed by atoms with Crippen molar-refractivity contribution in [2.75, 3.05) is 4.90 Å². The second kappa shape index (κ2) is 6.56. The van der Waals surface area contributed by atoms with Gasteiger partial charge in [-0.3, -0.25) is 9.59 Å². The van der Waals surface area contributed by atoms with Crippen molar-refractivity contribution < 1.29 is 9.59 Å². The van der Waals surface area contributed by atoms with Crippen molar-refractivity contribution in [3.05, 3.63) is 86.6 Å². The van der Waals surface area contributed by atoms with Crippen LogP contribution in [0.1, 0.15) is 26.4 Å². The average molecular weight is 380 g/mol. The molecule has 3 aromatic rings. The minimum Gasteiger partial charge on any atom is -0.268 e. The number of hydrogen-bond acceptors (Lipinski definition) is 3. The average Bonchev–Trinajstić information content (AvgIpc) is 3.05. The first-order valence-electron chi connectivity index (χ1n) is 8.07. The van der Waals surface area contributed by atoms with Crippen molar-refractivity contribution in [3.8, 4) is 0 Å². The van der Waals surface area contributed by atoms with Crippen molar-refractivity contribution >= 4 is 52.1 Å². The summed E-state index contributed by atoms with van der Waals surface area (Å²) < 4.78 is 0.653. The standard InChI is InChI=1S/C21H14ClNO2S/c1-13-6-2-5-9-18(13)23-20(24)16-8-4-3-7-15(16)17(21(23)25)12-14-10-11-19(22)26-14/h2-12H,1H3/b17-12+. The first kappa shape index (κ1) is 16.8. The number of aryl methyl sites for hydroxylation is 1. The number of fused-ring (bicyclic) bond motifs is 1. The molecule has 2 heterocycles. The van der Waals surface area contributed by atoms with E-state index in [1.54, 1.807) is 30.3 Å². The third-order valence-corrected chi connectivity index (χ3v) is 5.50. The Kier molecular flexibility index (Phi) is 4.23. The summed E-state index contributed by atoms with van der Waals surface area (Å²) in [5.41, 5.74) is 3.13. The first-order valence-corrected chi connectivity index (χ1v) is 9.26. The normalized spacial score (nSPS) is 15.5. The highest BCUT2D eigenvalue weighted by Crippen LogP contribution is 2.35. The lowest BCUT2D eigenvalue weighted by Gasteiger charge is -2.29. The topological polar surface area (TPSA) is 37.4 Å². The fraction of sp³-hybridized carbons (Fsp3) is 0.0476. The zero-order valence-corrected chi connectivity index (χ0v) is 15.5. The Morgan fingerprint density at radius 3 is 2.27 bits per heavy atom. The quantitative estimate of drug-likeness (QED) is 0.439. The second-order valence-corrected chi connectivity index (χ2v) is 7.72. The Hall–Kier alpha value is -2.69. The molecule has 26 heavy (non-hydrogen) atoms. The van der Waals surface area contributed by atoms with E-state index in [-0.39, 0.29) is 11.8 Å². The van der Waals surface area contributed by atoms with Gasteiger partial charge in [-0.2, -0.15) is 0 Å². The van der Waals surface area contributed by atoms with Crippen molar-refractivity contribution in [3.63, 3.8) is 0 Å². The summed E-state index contributed by atoms with van der Waals surface area (Å²) in [7, 11) is 0. The van der Waals surface area contributed by atoms with Gasteiger partial charge in [0.15, 0.2) is 0 Å². The summed E-state index contributed by atoms with van der Waals surface area (Å²) in [5.74, 6) is -0.631. The molecule has 3 nitrogen and oxygen atoms in total. The third-order valence-electron chi connectivity index (χ3n) is 4.32. The van der Waals surface area contributed by atoms with Crippen LogP contribution in [0.4, 0.5) is 5.69 Å². The van der Waals surface area contributed by atoms with Gasteiger partial charge in [0.1, 0.15) is 0 Å². The molecule has 0 spiro atoms. The number of carbonyl (C=O) groups excluding carboxylic acids is 2. The second-order valence-electron chi connectivity index (χ2n) is 5.98. The van der Waals surface area contributed by atoms with E-state index in [1.807, 2.05) is 43.3 Å². The molecule has 0 aliphatic carbocycles. The van der Waals surface area contributed by atoms with Crippen LogP contribution in [0.25, 0.3) is 11.6 Å². The summed E-state index contributed by atoms with van der Waals surface area (Å²) in [6.45, 7) is 1.89. The van der Waals surface area contributed by atoms with Crippen molar-refractivity contribution in [1.29, 1.82) is 0 Å². The molecule has 2 amide bonds. The molecule has 0 bridgehead atoms. The Morgan fingerprint density at radius 1 is 0.885 bits per heavy atom. The van der Waals surface area contributed by atoms with E-state index in [9.17, 15) is 9.59 Å². The lowest BCUT2D eigenvalue weighted by Crippen LogP contribution is -2.42. The largest absolute Gasteiger partial charge is 0.268 e. The van der Waals surface area contributed by atoms with Crippen LogP contribution in [0.15, 0.2) is 60.7 Å². The van der Waals surface area contributed by atoms with Crippen molar-refractivity contribution in [1.82, 2.24) is 0 Å². The Labute approximate surface area is 160 Å². The number of hydrogen-bond donors (Lipinski definition) is 0. The van der Waals surface area contributed by atoms with E-state index < -0.39 is 0 Å². The van der Waals surface area contributed by atoms with Crippen LogP contribution in [0, 0.1) is 6.92 Å². The van der Waals surface area contributed by atoms with Gasteiger partial charge in [-0.15, -0.1) is 11.3 Å². The Morgan fingerprint density at radius 2 is 1.58 bits per heavy atom. The van der Waals surface area contributed by atoms with Gasteiger partial charge >= 0.3 is 0 Å². The highest BCUT2D eigenvalue weighted by atomic mass is 35.5. The molecule has 1 aliphatic rings. The summed E-state index contributed by atoms with van der Waals surface area (Å²) in [5, 5.41) is 0. The highest BCUT2D eigenvalue weighted by molar-refractivity contribution is 7.17. The SMILES string of the molecule is Cc1ccccc1N1C(=O)/C(=C/c2ccc(Cl)s2)c2ccccc2C1=O. The Bertz CT molecular complexity index is 1070. The van der Waals surface area contributed by atoms with Crippen LogP contribution in [0.2, 0.25) is 4.34 Å². The van der Waals surface area contributed by atoms with Gasteiger partial charge in [-0.1, -0.05) is 48.0 Å². The zero-order valence-electron chi connectivity index (χ0n) is 13.9. The number of amides is 2. The molecule has 0 unspecified atom stereocenters. The number of imide groups is 1. The molecule has 0 saturated heterocycles. The molecule has 0 saturated carbocycles. The maximum absolute atomic E-state index is 13.3. The number of benzene rings is 2. The summed E-state index contributed by atoms with van der Waals surface area (Å²) in [6, 6.07) is 18.2. The van der Waals surface area contributed by atoms with Crippen LogP contribution in [-0.4, -0.2) is 11.8 Å². The van der Waals surface area contributed by atoms with E-state index in [0.717, 1.165) is 10.4 Å². The molecular formula is C21H14ClNO2S. The minimum atomic E-state index is -0.326. The Balaban J connectivity index is 1.93. The van der Waals surface area contributed by atoms with Crippen LogP contribution in [0.3, 0.4) is 0 Å². The summed E-state index contributed by atoms with van der Waals surface area (Å²) >= 11 is 7.42. The minimum absolute atomic E-state index is 0.304. The first-order chi connectivity index (χ1) is 12.6. The van der Waals surface area contributed by atoms with Gasteiger partial charge in [0, 0.05) is 21.6 Å². The molecule has 4 rings (SSSR count). The zero-order chi connectivity index (χ0) is 18.3. The van der Waals surface area contributed by atoms with E-state index in [0.29, 0.717) is 26.7 Å². The number of nitrogens with zero attached hydrogens (tertiary/aromatic N) is 1. The third kappa shape index (κ3) is 2.77. The lowest BCUT2D eigenvalue weighted by molar-refractivity contribution is -0.112. The maximum Gasteiger partial charge on any atom is 0.266 e. The molecule has 1 aliphatic heterocycles. The fourth-order valence-electron chi connectivity index (χ4n) is 3.07. The fourth-order valence-corrected chi connectivity index (χ4v) is 4.08. The van der Waals surface area contributed by atoms with Crippen molar-refractivity contribution in [2.45, 2.75) is 6.92 Å². The van der Waals surface area contributed by atoms with Gasteiger partial charge in [0.05, 0.1) is 10.0 Å². The molecule has 2 aromatic carbocycles. The number of rotatable bonds is 2. The lowest BCUT2D eigenvalue weighted by atomic mass is 9.92. The molecule has 128 valence electrons. The van der Waals surface area contributed by atoms with E-state index in [1.165, 1.54) is 16.2 Å². The van der Waals surface area contributed by atoms with E-state index in [2.05, 4.69) is 0 Å². The van der Waals surface area contributed by atoms with Crippen LogP contribution >= 0.6 is 22.9 Å². The summed E-state index contributed by atoms with van der Waals surface area (Å²) in [4.78, 5) is 28.4. The number of para-hydroxylation sites is 1. The van der Waals surface area contributed by atoms with Crippen LogP contribution in [0.5, 0.6) is 0 Å². The van der Waals surface area contributed by atoms with Gasteiger partial charge in [-0.05, 0) is 42.8 Å². The summed E-state index contributed by atoms with van der Waals surface area (Å²) in [6.07, 6.45) is 1.80. The molecular weight excluding hydrogens is 366 g/mol. The van der Waals surface area contributed by atoms with Crippen LogP contribution < -0.4 is 4.90 Å². The number of halogens is 1. The molecule has 0 N–H and O–H groups in total. The van der Waals surface area contributed by atoms with Gasteiger partial charge in [0.2, 0.25) is 0 Å². The molecule has 0 fully saturated rings. The number of anilines is 1. The monoisotopic (exact) mass is 379 g/mol. The predicted molar refractivity (Wildman–Crippen MR) is 107 cm³/mol. The molecule has 0 atom stereocenters. The van der Waals surface area contributed by atoms with E-state index >= 15 is 0 Å². The van der Waals surface area contributed by atoms with E-state index in [4.69, 9.17) is 11.6 Å². The molecule has 0 radical (unpaired) electrons. The van der Waals surface area contributed by atoms with Gasteiger partial charge < -0.3 is 0 Å². The van der Waals surface area contributed by atoms with Gasteiger partial charge in [0.25, 0.3) is 11.8 Å². The van der Waals surface area contributed by atoms with Gasteiger partial charge in [-0.25, -0.2) is 4.90 Å². The number of carbonyl (C=O) groups is 2. The highest BCUT2D eigenvalue weighted by Gasteiger charge is 2.36. The molecule has 1 aromatic heterocycles. The van der Waals surface area contributed by atoms with Crippen LogP contribution in [-0.2, 0) is 4.79 Å². The number of thiophene rings is 1. The maximum atomic E-state index is 13.3.